The van der Waals surface area contributed by atoms with Crippen LogP contribution in [-0.4, -0.2) is 27.4 Å². The first-order valence-electron chi connectivity index (χ1n) is 1.10. The predicted octanol–water partition coefficient (Wildman–Crippen LogP) is -4.67. The number of rotatable bonds is 2. The van der Waals surface area contributed by atoms with Crippen LogP contribution >= 0.6 is 0 Å². The van der Waals surface area contributed by atoms with E-state index >= 15 is 0 Å². The van der Waals surface area contributed by atoms with Crippen LogP contribution in [0.5, 0.6) is 0 Å². The zero-order valence-corrected chi connectivity index (χ0v) is 8.23. The van der Waals surface area contributed by atoms with Crippen molar-refractivity contribution in [3.8, 4) is 0 Å². The molecule has 0 heterocycles. The Bertz CT molecular complexity index is 136. The zero-order valence-electron chi connectivity index (χ0n) is 5.44. The van der Waals surface area contributed by atoms with Gasteiger partial charge in [0.1, 0.15) is 0 Å². The third-order valence-electron chi connectivity index (χ3n) is 0.133. The van der Waals surface area contributed by atoms with Crippen molar-refractivity contribution in [2.45, 2.75) is 0 Å². The number of hydrogen-bond acceptors (Lipinski definition) is 5. The van der Waals surface area contributed by atoms with Crippen LogP contribution in [0.2, 0.25) is 0 Å². The standard InChI is InChI=1S/5H2O.5O.2V/h5*1H2;;;;;;;. The van der Waals surface area contributed by atoms with Crippen molar-refractivity contribution in [2.24, 2.45) is 0 Å². The Kier molecular flexibility index (Phi) is 74.9. The molecule has 0 radical (unpaired) electrons. The minimum absolute atomic E-state index is 0. The van der Waals surface area contributed by atoms with E-state index in [1.54, 1.807) is 0 Å². The van der Waals surface area contributed by atoms with Crippen LogP contribution in [-0.2, 0) is 48.1 Å². The topological polar surface area (TPSA) is 235 Å². The molecule has 0 rings (SSSR count). The minimum atomic E-state index is -3.84. The van der Waals surface area contributed by atoms with E-state index in [9.17, 15) is 14.7 Å². The summed E-state index contributed by atoms with van der Waals surface area (Å²) in [7, 11) is 0. The van der Waals surface area contributed by atoms with Crippen molar-refractivity contribution in [1.29, 1.82) is 0 Å². The van der Waals surface area contributed by atoms with Crippen molar-refractivity contribution in [3.63, 3.8) is 0 Å². The summed E-state index contributed by atoms with van der Waals surface area (Å²) in [5.41, 5.74) is 0. The molecule has 10 N–H and O–H groups in total. The molecule has 12 heteroatoms. The molecule has 0 saturated carbocycles. The Morgan fingerprint density at radius 3 is 0.750 bits per heavy atom. The van der Waals surface area contributed by atoms with Crippen LogP contribution in [0, 0.1) is 0 Å². The van der Waals surface area contributed by atoms with Gasteiger partial charge in [-0.15, -0.1) is 0 Å². The fourth-order valence-corrected chi connectivity index (χ4v) is 0.925. The Hall–Kier alpha value is 0.129. The van der Waals surface area contributed by atoms with Gasteiger partial charge in [-0.3, -0.25) is 0 Å². The molecule has 0 amide bonds. The van der Waals surface area contributed by atoms with E-state index in [4.69, 9.17) is 0 Å². The molecule has 0 aromatic rings. The van der Waals surface area contributed by atoms with E-state index in [0.29, 0.717) is 0 Å². The van der Waals surface area contributed by atoms with Gasteiger partial charge in [0.2, 0.25) is 0 Å². The van der Waals surface area contributed by atoms with Gasteiger partial charge in [0, 0.05) is 0 Å². The molecular formula is H10O10V2. The van der Waals surface area contributed by atoms with E-state index in [1.165, 1.54) is 0 Å². The molecule has 0 spiro atoms. The van der Waals surface area contributed by atoms with Crippen molar-refractivity contribution in [3.05, 3.63) is 0 Å². The van der Waals surface area contributed by atoms with Gasteiger partial charge in [0.15, 0.2) is 0 Å². The Labute approximate surface area is 75.8 Å². The van der Waals surface area contributed by atoms with Gasteiger partial charge < -0.3 is 27.4 Å². The van der Waals surface area contributed by atoms with Crippen LogP contribution in [0.4, 0.5) is 0 Å². The van der Waals surface area contributed by atoms with Crippen LogP contribution in [0.3, 0.4) is 0 Å². The average Bonchev–Trinajstić information content (AvgIpc) is 1.27. The summed E-state index contributed by atoms with van der Waals surface area (Å²) < 4.78 is 40.7. The fraction of sp³-hybridized carbons (Fsp3) is 0. The second-order valence-electron chi connectivity index (χ2n) is 0.529. The van der Waals surface area contributed by atoms with Crippen molar-refractivity contribution < 1.29 is 75.5 Å². The first-order valence-corrected chi connectivity index (χ1v) is 4.52. The SMILES string of the molecule is O.O.O.O.O.[O]=[V](=[O])[O][V](=[O])=[O]. The molecule has 0 aromatic carbocycles. The summed E-state index contributed by atoms with van der Waals surface area (Å²) in [4.78, 5) is 0. The molecule has 0 aliphatic heterocycles. The molecule has 0 bridgehead atoms. The Balaban J connectivity index is -0.0000000180. The summed E-state index contributed by atoms with van der Waals surface area (Å²) in [6.45, 7) is 0. The van der Waals surface area contributed by atoms with Gasteiger partial charge >= 0.3 is 48.1 Å². The Morgan fingerprint density at radius 1 is 0.583 bits per heavy atom. The third-order valence-corrected chi connectivity index (χ3v) is 2.27. The zero-order chi connectivity index (χ0) is 5.86. The molecule has 0 saturated heterocycles. The molecule has 12 heavy (non-hydrogen) atoms. The molecule has 0 atom stereocenters. The van der Waals surface area contributed by atoms with E-state index in [-0.39, 0.29) is 27.4 Å². The van der Waals surface area contributed by atoms with Crippen LogP contribution in [0.1, 0.15) is 0 Å². The van der Waals surface area contributed by atoms with Gasteiger partial charge in [0.25, 0.3) is 0 Å². The molecule has 10 nitrogen and oxygen atoms in total. The second kappa shape index (κ2) is 22.5. The van der Waals surface area contributed by atoms with E-state index in [0.717, 1.165) is 0 Å². The second-order valence-corrected chi connectivity index (χ2v) is 3.23. The van der Waals surface area contributed by atoms with Crippen LogP contribution in [0.25, 0.3) is 0 Å². The monoisotopic (exact) mass is 272 g/mol. The fourth-order valence-electron chi connectivity index (χ4n) is 0.0544. The van der Waals surface area contributed by atoms with Gasteiger partial charge in [-0.25, -0.2) is 0 Å². The molecule has 80 valence electrons. The summed E-state index contributed by atoms with van der Waals surface area (Å²) in [5.74, 6) is 0. The van der Waals surface area contributed by atoms with Crippen LogP contribution in [0.15, 0.2) is 0 Å². The molecule has 0 aliphatic carbocycles. The molecule has 0 fully saturated rings. The van der Waals surface area contributed by atoms with E-state index in [1.807, 2.05) is 0 Å². The first kappa shape index (κ1) is 40.0. The van der Waals surface area contributed by atoms with Crippen molar-refractivity contribution in [1.82, 2.24) is 0 Å². The average molecular weight is 272 g/mol. The van der Waals surface area contributed by atoms with Gasteiger partial charge in [-0.1, -0.05) is 0 Å². The van der Waals surface area contributed by atoms with Gasteiger partial charge in [-0.05, 0) is 0 Å². The van der Waals surface area contributed by atoms with Gasteiger partial charge in [-0.2, -0.15) is 0 Å². The quantitative estimate of drug-likeness (QED) is 0.479. The maximum absolute atomic E-state index is 9.34. The Morgan fingerprint density at radius 2 is 0.750 bits per heavy atom. The number of hydrogen-bond donors (Lipinski definition) is 0. The van der Waals surface area contributed by atoms with Gasteiger partial charge in [0.05, 0.1) is 0 Å². The molecular weight excluding hydrogens is 262 g/mol. The summed E-state index contributed by atoms with van der Waals surface area (Å²) in [6.07, 6.45) is 0. The molecule has 0 aromatic heterocycles. The first-order chi connectivity index (χ1) is 3.13. The summed E-state index contributed by atoms with van der Waals surface area (Å²) >= 11 is -7.69. The van der Waals surface area contributed by atoms with E-state index < -0.39 is 30.8 Å². The van der Waals surface area contributed by atoms with Crippen molar-refractivity contribution >= 4 is 0 Å². The maximum atomic E-state index is 9.34. The summed E-state index contributed by atoms with van der Waals surface area (Å²) in [6, 6.07) is 0. The van der Waals surface area contributed by atoms with E-state index in [2.05, 4.69) is 2.59 Å². The molecule has 0 aliphatic rings. The predicted molar refractivity (Wildman–Crippen MR) is 21.9 cm³/mol. The summed E-state index contributed by atoms with van der Waals surface area (Å²) in [5, 5.41) is 0. The third kappa shape index (κ3) is 49.5. The van der Waals surface area contributed by atoms with Crippen LogP contribution < -0.4 is 0 Å². The van der Waals surface area contributed by atoms with Crippen molar-refractivity contribution in [2.75, 3.05) is 0 Å². The molecule has 0 unspecified atom stereocenters. The normalized spacial score (nSPS) is 4.67.